The Morgan fingerprint density at radius 2 is 2.03 bits per heavy atom. The number of anilines is 1. The summed E-state index contributed by atoms with van der Waals surface area (Å²) in [5, 5.41) is 23.8. The molecule has 2 heterocycles. The zero-order chi connectivity index (χ0) is 20.7. The van der Waals surface area contributed by atoms with Gasteiger partial charge in [0.1, 0.15) is 5.75 Å². The molecule has 0 radical (unpaired) electrons. The van der Waals surface area contributed by atoms with Crippen molar-refractivity contribution in [3.05, 3.63) is 63.9 Å². The molecule has 1 unspecified atom stereocenters. The molecule has 4 N–H and O–H groups in total. The van der Waals surface area contributed by atoms with Crippen molar-refractivity contribution in [1.29, 1.82) is 0 Å². The largest absolute Gasteiger partial charge is 0.506 e. The minimum atomic E-state index is -0.494. The third-order valence-corrected chi connectivity index (χ3v) is 5.42. The first-order chi connectivity index (χ1) is 13.8. The molecule has 0 saturated carbocycles. The van der Waals surface area contributed by atoms with Crippen molar-refractivity contribution in [3.8, 4) is 5.75 Å². The maximum Gasteiger partial charge on any atom is 0.253 e. The maximum absolute atomic E-state index is 13.1. The zero-order valence-electron chi connectivity index (χ0n) is 15.8. The summed E-state index contributed by atoms with van der Waals surface area (Å²) in [6.45, 7) is 3.58. The van der Waals surface area contributed by atoms with Gasteiger partial charge in [-0.3, -0.25) is 14.7 Å². The van der Waals surface area contributed by atoms with E-state index in [1.165, 1.54) is 6.07 Å². The first-order valence-corrected chi connectivity index (χ1v) is 9.46. The van der Waals surface area contributed by atoms with E-state index >= 15 is 0 Å². The predicted molar refractivity (Wildman–Crippen MR) is 111 cm³/mol. The molecule has 1 aromatic heterocycles. The first-order valence-electron chi connectivity index (χ1n) is 9.08. The summed E-state index contributed by atoms with van der Waals surface area (Å²) in [5.41, 5.74) is 3.92. The molecule has 148 valence electrons. The zero-order valence-corrected chi connectivity index (χ0v) is 16.6. The van der Waals surface area contributed by atoms with Gasteiger partial charge >= 0.3 is 0 Å². The average molecular weight is 411 g/mol. The van der Waals surface area contributed by atoms with Gasteiger partial charge in [0, 0.05) is 34.7 Å². The van der Waals surface area contributed by atoms with Crippen molar-refractivity contribution in [3.63, 3.8) is 0 Å². The van der Waals surface area contributed by atoms with Crippen LogP contribution in [0.3, 0.4) is 0 Å². The number of aromatic hydroxyl groups is 1. The van der Waals surface area contributed by atoms with Crippen LogP contribution >= 0.6 is 11.6 Å². The number of phenolic OH excluding ortho intramolecular Hbond substituents is 1. The molecule has 0 spiro atoms. The van der Waals surface area contributed by atoms with Gasteiger partial charge in [-0.25, -0.2) is 0 Å². The maximum atomic E-state index is 13.1. The van der Waals surface area contributed by atoms with E-state index in [0.717, 1.165) is 16.6 Å². The molecule has 29 heavy (non-hydrogen) atoms. The number of nitrogens with zero attached hydrogens (tertiary/aromatic N) is 1. The Balaban J connectivity index is 1.69. The number of nitrogens with one attached hydrogen (secondary N) is 3. The van der Waals surface area contributed by atoms with Crippen LogP contribution in [0.1, 0.15) is 30.5 Å². The van der Waals surface area contributed by atoms with Crippen LogP contribution in [0.25, 0.3) is 10.9 Å². The molecule has 0 fully saturated rings. The van der Waals surface area contributed by atoms with Crippen molar-refractivity contribution in [2.45, 2.75) is 26.2 Å². The van der Waals surface area contributed by atoms with Crippen LogP contribution in [0.4, 0.5) is 5.69 Å². The molecule has 2 aromatic carbocycles. The second-order valence-corrected chi connectivity index (χ2v) is 7.49. The fraction of sp³-hybridized carbons (Fsp3) is 0.190. The molecule has 1 aliphatic heterocycles. The number of hydrogen-bond acceptors (Lipinski definition) is 4. The number of aromatic nitrogens is 2. The van der Waals surface area contributed by atoms with Gasteiger partial charge in [0.15, 0.2) is 0 Å². The molecule has 0 bridgehead atoms. The van der Waals surface area contributed by atoms with Gasteiger partial charge in [0.05, 0.1) is 16.2 Å². The summed E-state index contributed by atoms with van der Waals surface area (Å²) in [6.07, 6.45) is 0.0983. The van der Waals surface area contributed by atoms with Crippen molar-refractivity contribution in [1.82, 2.24) is 15.5 Å². The Morgan fingerprint density at radius 3 is 2.79 bits per heavy atom. The van der Waals surface area contributed by atoms with Gasteiger partial charge in [0.25, 0.3) is 5.91 Å². The highest BCUT2D eigenvalue weighted by Gasteiger charge is 2.32. The van der Waals surface area contributed by atoms with Gasteiger partial charge in [-0.2, -0.15) is 5.10 Å². The van der Waals surface area contributed by atoms with Gasteiger partial charge < -0.3 is 15.7 Å². The monoisotopic (exact) mass is 410 g/mol. The number of allylic oxidation sites excluding steroid dienone is 1. The summed E-state index contributed by atoms with van der Waals surface area (Å²) < 4.78 is 0. The topological polar surface area (TPSA) is 107 Å². The van der Waals surface area contributed by atoms with Crippen molar-refractivity contribution in [2.75, 3.05) is 5.32 Å². The summed E-state index contributed by atoms with van der Waals surface area (Å²) in [4.78, 5) is 25.3. The van der Waals surface area contributed by atoms with E-state index in [-0.39, 0.29) is 29.0 Å². The highest BCUT2D eigenvalue weighted by atomic mass is 35.5. The normalized spacial score (nSPS) is 16.8. The van der Waals surface area contributed by atoms with E-state index in [4.69, 9.17) is 11.6 Å². The second-order valence-electron chi connectivity index (χ2n) is 7.08. The molecule has 4 rings (SSSR count). The average Bonchev–Trinajstić information content (AvgIpc) is 3.03. The number of carbonyl (C=O) groups excluding carboxylic acids is 2. The van der Waals surface area contributed by atoms with E-state index < -0.39 is 5.92 Å². The molecule has 0 saturated heterocycles. The summed E-state index contributed by atoms with van der Waals surface area (Å²) in [5.74, 6) is -1.09. The molecule has 8 heteroatoms. The Morgan fingerprint density at radius 1 is 1.24 bits per heavy atom. The predicted octanol–water partition coefficient (Wildman–Crippen LogP) is 3.75. The molecule has 3 aromatic rings. The Hall–Kier alpha value is -3.32. The highest BCUT2D eigenvalue weighted by molar-refractivity contribution is 6.32. The van der Waals surface area contributed by atoms with Crippen LogP contribution in [-0.2, 0) is 9.59 Å². The van der Waals surface area contributed by atoms with Gasteiger partial charge in [-0.05, 0) is 49.7 Å². The highest BCUT2D eigenvalue weighted by Crippen LogP contribution is 2.36. The number of rotatable bonds is 3. The molecule has 2 amide bonds. The van der Waals surface area contributed by atoms with Gasteiger partial charge in [-0.15, -0.1) is 0 Å². The number of halogens is 1. The smallest absolute Gasteiger partial charge is 0.253 e. The summed E-state index contributed by atoms with van der Waals surface area (Å²) in [7, 11) is 0. The van der Waals surface area contributed by atoms with Crippen LogP contribution in [0.5, 0.6) is 5.75 Å². The minimum absolute atomic E-state index is 0.0894. The fourth-order valence-corrected chi connectivity index (χ4v) is 3.77. The van der Waals surface area contributed by atoms with Crippen molar-refractivity contribution >= 4 is 40.0 Å². The number of phenols is 1. The van der Waals surface area contributed by atoms with E-state index in [1.54, 1.807) is 25.1 Å². The molecule has 0 aliphatic carbocycles. The van der Waals surface area contributed by atoms with Gasteiger partial charge in [-0.1, -0.05) is 17.7 Å². The van der Waals surface area contributed by atoms with E-state index in [1.807, 2.05) is 19.1 Å². The van der Waals surface area contributed by atoms with E-state index in [0.29, 0.717) is 22.5 Å². The lowest BCUT2D eigenvalue weighted by Crippen LogP contribution is -2.35. The number of H-pyrrole nitrogens is 1. The number of aromatic amines is 1. The van der Waals surface area contributed by atoms with Crippen LogP contribution in [0.2, 0.25) is 5.02 Å². The molecule has 7 nitrogen and oxygen atoms in total. The summed E-state index contributed by atoms with van der Waals surface area (Å²) >= 11 is 5.91. The van der Waals surface area contributed by atoms with Crippen LogP contribution in [-0.4, -0.2) is 27.1 Å². The van der Waals surface area contributed by atoms with E-state index in [9.17, 15) is 14.7 Å². The quantitative estimate of drug-likeness (QED) is 0.527. The Labute approximate surface area is 171 Å². The number of fused-ring (bicyclic) bond motifs is 1. The number of carbonyl (C=O) groups is 2. The van der Waals surface area contributed by atoms with Crippen LogP contribution in [0.15, 0.2) is 47.7 Å². The molecule has 1 aliphatic rings. The number of aryl methyl sites for hydroxylation is 1. The minimum Gasteiger partial charge on any atom is -0.506 e. The second kappa shape index (κ2) is 7.25. The molecule has 1 atom stereocenters. The Bertz CT molecular complexity index is 1180. The summed E-state index contributed by atoms with van der Waals surface area (Å²) in [6, 6.07) is 10.3. The first kappa shape index (κ1) is 19.0. The van der Waals surface area contributed by atoms with Crippen LogP contribution in [0, 0.1) is 6.92 Å². The van der Waals surface area contributed by atoms with Gasteiger partial charge in [0.2, 0.25) is 5.91 Å². The van der Waals surface area contributed by atoms with Crippen LogP contribution < -0.4 is 10.6 Å². The third kappa shape index (κ3) is 3.56. The lowest BCUT2D eigenvalue weighted by atomic mass is 9.84. The number of benzene rings is 2. The number of hydrogen-bond donors (Lipinski definition) is 4. The van der Waals surface area contributed by atoms with E-state index in [2.05, 4.69) is 20.8 Å². The van der Waals surface area contributed by atoms with Crippen molar-refractivity contribution < 1.29 is 14.7 Å². The number of amides is 2. The van der Waals surface area contributed by atoms with Crippen molar-refractivity contribution in [2.24, 2.45) is 0 Å². The Kier molecular flexibility index (Phi) is 4.76. The SMILES string of the molecule is CC1=C(C(=O)Nc2ccc3[nH]nc(C)c3c2)C(c2ccc(Cl)c(O)c2)CC(=O)N1. The molecular weight excluding hydrogens is 392 g/mol. The lowest BCUT2D eigenvalue weighted by molar-refractivity contribution is -0.121. The lowest BCUT2D eigenvalue weighted by Gasteiger charge is -2.27. The molecular formula is C21H19ClN4O3. The fourth-order valence-electron chi connectivity index (χ4n) is 3.66. The third-order valence-electron chi connectivity index (χ3n) is 5.10. The standard InChI is InChI=1S/C21H19ClN4O3/c1-10-14-8-13(4-6-17(14)26-25-10)24-21(29)20-11(2)23-19(28)9-15(20)12-3-5-16(22)18(27)7-12/h3-8,15,27H,9H2,1-2H3,(H,23,28)(H,24,29)(H,25,26).